The van der Waals surface area contributed by atoms with Crippen LogP contribution in [0.2, 0.25) is 0 Å². The van der Waals surface area contributed by atoms with Gasteiger partial charge >= 0.3 is 0 Å². The molecule has 0 saturated heterocycles. The van der Waals surface area contributed by atoms with Crippen LogP contribution >= 0.6 is 25.3 Å². The smallest absolute Gasteiger partial charge is 0.204 e. The second-order valence-corrected chi connectivity index (χ2v) is 6.49. The quantitative estimate of drug-likeness (QED) is 0.614. The molecule has 0 spiro atoms. The molecule has 122 valence electrons. The first-order valence-electron chi connectivity index (χ1n) is 7.45. The summed E-state index contributed by atoms with van der Waals surface area (Å²) in [5.74, 6) is -0.349. The number of rotatable bonds is 5. The Hall–Kier alpha value is -2.05. The predicted octanol–water partition coefficient (Wildman–Crippen LogP) is 3.40. The molecule has 1 aromatic heterocycles. The second-order valence-electron chi connectivity index (χ2n) is 5.64. The Morgan fingerprint density at radius 3 is 2.25 bits per heavy atom. The minimum absolute atomic E-state index is 0.393. The van der Waals surface area contributed by atoms with E-state index < -0.39 is 21.6 Å². The zero-order valence-corrected chi connectivity index (χ0v) is 14.7. The van der Waals surface area contributed by atoms with Gasteiger partial charge in [0, 0.05) is 5.92 Å². The average Bonchev–Trinajstić information content (AvgIpc) is 3.00. The van der Waals surface area contributed by atoms with Crippen molar-refractivity contribution in [2.24, 2.45) is 5.92 Å². The first kappa shape index (κ1) is 16.8. The van der Waals surface area contributed by atoms with Crippen LogP contribution in [-0.2, 0) is 15.0 Å². The minimum atomic E-state index is -1.33. The lowest BCUT2D eigenvalue weighted by atomic mass is 9.71. The highest BCUT2D eigenvalue weighted by Gasteiger charge is 2.50. The molecule has 0 aliphatic carbocycles. The molecular weight excluding hydrogens is 340 g/mol. The van der Waals surface area contributed by atoms with Crippen molar-refractivity contribution in [2.45, 2.75) is 12.3 Å². The van der Waals surface area contributed by atoms with Gasteiger partial charge in [-0.1, -0.05) is 49.4 Å². The molecule has 0 aliphatic rings. The molecule has 2 unspecified atom stereocenters. The van der Waals surface area contributed by atoms with Crippen LogP contribution in [0.3, 0.4) is 0 Å². The van der Waals surface area contributed by atoms with Crippen LogP contribution in [0, 0.1) is 5.92 Å². The molecule has 1 N–H and O–H groups in total. The molecule has 0 amide bonds. The molecule has 0 fully saturated rings. The highest BCUT2D eigenvalue weighted by atomic mass is 32.1. The van der Waals surface area contributed by atoms with Gasteiger partial charge in [-0.25, -0.2) is 4.98 Å². The third-order valence-electron chi connectivity index (χ3n) is 4.35. The number of aromatic nitrogens is 2. The number of nitrogens with one attached hydrogen (secondary N) is 1. The van der Waals surface area contributed by atoms with Crippen molar-refractivity contribution in [3.05, 3.63) is 66.0 Å². The van der Waals surface area contributed by atoms with E-state index in [1.165, 1.54) is 0 Å². The van der Waals surface area contributed by atoms with Gasteiger partial charge in [-0.2, -0.15) is 0 Å². The summed E-state index contributed by atoms with van der Waals surface area (Å²) in [6, 6.07) is 16.6. The Morgan fingerprint density at radius 2 is 1.67 bits per heavy atom. The number of benzene rings is 2. The lowest BCUT2D eigenvalue weighted by Crippen LogP contribution is -2.44. The van der Waals surface area contributed by atoms with Gasteiger partial charge in [-0.05, 0) is 17.7 Å². The average molecular weight is 356 g/mol. The van der Waals surface area contributed by atoms with Crippen LogP contribution in [-0.4, -0.2) is 20.2 Å². The largest absolute Gasteiger partial charge is 0.341 e. The number of hydrogen-bond acceptors (Lipinski definition) is 3. The summed E-state index contributed by atoms with van der Waals surface area (Å²) in [5.41, 5.74) is 0.837. The molecule has 6 heteroatoms. The van der Waals surface area contributed by atoms with Crippen molar-refractivity contribution < 1.29 is 9.59 Å². The van der Waals surface area contributed by atoms with Gasteiger partial charge in [0.05, 0.1) is 11.0 Å². The standard InChI is InChI=1S/C18H16N2O2S2/c1-11(15(21)23)18(17(22)24,12-7-3-2-4-8-12)16-19-13-9-5-6-10-14(13)20-16/h2-11H,1H3,(H,19,20)(H,21,23)(H,22,24). The summed E-state index contributed by atoms with van der Waals surface area (Å²) in [5, 5.41) is -0.857. The lowest BCUT2D eigenvalue weighted by Gasteiger charge is -2.33. The van der Waals surface area contributed by atoms with Gasteiger partial charge in [0.1, 0.15) is 11.2 Å². The minimum Gasteiger partial charge on any atom is -0.341 e. The van der Waals surface area contributed by atoms with Gasteiger partial charge in [0.2, 0.25) is 5.12 Å². The van der Waals surface area contributed by atoms with Crippen LogP contribution in [0.1, 0.15) is 18.3 Å². The molecule has 3 aromatic rings. The Morgan fingerprint density at radius 1 is 1.04 bits per heavy atom. The van der Waals surface area contributed by atoms with E-state index in [1.54, 1.807) is 19.1 Å². The molecule has 2 atom stereocenters. The fraction of sp³-hybridized carbons (Fsp3) is 0.167. The number of hydrogen-bond donors (Lipinski definition) is 3. The maximum Gasteiger partial charge on any atom is 0.204 e. The third-order valence-corrected chi connectivity index (χ3v) is 5.09. The molecule has 24 heavy (non-hydrogen) atoms. The number of thiol groups is 2. The Kier molecular flexibility index (Phi) is 4.51. The molecule has 0 bridgehead atoms. The fourth-order valence-corrected chi connectivity index (χ4v) is 3.65. The van der Waals surface area contributed by atoms with Crippen LogP contribution in [0.15, 0.2) is 54.6 Å². The van der Waals surface area contributed by atoms with E-state index in [9.17, 15) is 9.59 Å². The Balaban J connectivity index is 2.36. The van der Waals surface area contributed by atoms with Crippen molar-refractivity contribution >= 4 is 46.5 Å². The van der Waals surface area contributed by atoms with Gasteiger partial charge in [-0.15, -0.1) is 25.3 Å². The lowest BCUT2D eigenvalue weighted by molar-refractivity contribution is -0.122. The summed E-state index contributed by atoms with van der Waals surface area (Å²) < 4.78 is 0. The van der Waals surface area contributed by atoms with Gasteiger partial charge < -0.3 is 4.98 Å². The van der Waals surface area contributed by atoms with Gasteiger partial charge in [0.25, 0.3) is 0 Å². The number of nitrogens with zero attached hydrogens (tertiary/aromatic N) is 1. The van der Waals surface area contributed by atoms with Crippen molar-refractivity contribution in [1.82, 2.24) is 9.97 Å². The van der Waals surface area contributed by atoms with E-state index >= 15 is 0 Å². The molecule has 0 radical (unpaired) electrons. The van der Waals surface area contributed by atoms with E-state index in [4.69, 9.17) is 0 Å². The summed E-state index contributed by atoms with van der Waals surface area (Å²) in [6.07, 6.45) is 0. The summed E-state index contributed by atoms with van der Waals surface area (Å²) >= 11 is 8.11. The number of imidazole rings is 1. The third kappa shape index (κ3) is 2.56. The molecule has 1 heterocycles. The molecule has 3 rings (SSSR count). The number of aromatic amines is 1. The second kappa shape index (κ2) is 6.45. The van der Waals surface area contributed by atoms with E-state index in [2.05, 4.69) is 35.2 Å². The zero-order chi connectivity index (χ0) is 17.3. The Labute approximate surface area is 150 Å². The van der Waals surface area contributed by atoms with Gasteiger partial charge in [-0.3, -0.25) is 9.59 Å². The van der Waals surface area contributed by atoms with Crippen LogP contribution in [0.4, 0.5) is 0 Å². The molecule has 0 saturated carbocycles. The summed E-state index contributed by atoms with van der Waals surface area (Å²) in [4.78, 5) is 32.6. The van der Waals surface area contributed by atoms with Crippen LogP contribution in [0.25, 0.3) is 11.0 Å². The maximum atomic E-state index is 12.7. The highest BCUT2D eigenvalue weighted by Crippen LogP contribution is 2.41. The zero-order valence-electron chi connectivity index (χ0n) is 12.9. The van der Waals surface area contributed by atoms with Crippen molar-refractivity contribution in [2.75, 3.05) is 0 Å². The number of H-pyrrole nitrogens is 1. The fourth-order valence-electron chi connectivity index (χ4n) is 3.03. The molecule has 0 aliphatic heterocycles. The van der Waals surface area contributed by atoms with Crippen molar-refractivity contribution in [3.63, 3.8) is 0 Å². The van der Waals surface area contributed by atoms with E-state index in [1.807, 2.05) is 42.5 Å². The number of fused-ring (bicyclic) bond motifs is 1. The molecule has 2 aromatic carbocycles. The van der Waals surface area contributed by atoms with Crippen molar-refractivity contribution in [3.8, 4) is 0 Å². The predicted molar refractivity (Wildman–Crippen MR) is 100 cm³/mol. The normalized spacial score (nSPS) is 15.0. The number of carbonyl (C=O) groups excluding carboxylic acids is 2. The molecule has 4 nitrogen and oxygen atoms in total. The number of para-hydroxylation sites is 2. The van der Waals surface area contributed by atoms with E-state index in [0.29, 0.717) is 11.4 Å². The monoisotopic (exact) mass is 356 g/mol. The summed E-state index contributed by atoms with van der Waals surface area (Å²) in [7, 11) is 0. The topological polar surface area (TPSA) is 62.8 Å². The first-order chi connectivity index (χ1) is 11.5. The number of carbonyl (C=O) groups is 2. The van der Waals surface area contributed by atoms with E-state index in [-0.39, 0.29) is 0 Å². The molecular formula is C18H16N2O2S2. The van der Waals surface area contributed by atoms with Gasteiger partial charge in [0.15, 0.2) is 5.12 Å². The Bertz CT molecular complexity index is 875. The maximum absolute atomic E-state index is 12.7. The van der Waals surface area contributed by atoms with Crippen molar-refractivity contribution in [1.29, 1.82) is 0 Å². The summed E-state index contributed by atoms with van der Waals surface area (Å²) in [6.45, 7) is 1.67. The highest BCUT2D eigenvalue weighted by molar-refractivity contribution is 7.97. The SMILES string of the molecule is CC(C(=O)S)C(C(=O)S)(c1ccccc1)c1nc2ccccc2[nH]1. The van der Waals surface area contributed by atoms with Crippen LogP contribution in [0.5, 0.6) is 0 Å². The van der Waals surface area contributed by atoms with E-state index in [0.717, 1.165) is 11.0 Å². The van der Waals surface area contributed by atoms with Crippen LogP contribution < -0.4 is 0 Å². The first-order valence-corrected chi connectivity index (χ1v) is 8.34.